The number of aromatic nitrogens is 2. The summed E-state index contributed by atoms with van der Waals surface area (Å²) < 4.78 is 18.8. The number of amides is 1. The molecule has 1 amide bonds. The number of hydrogen-bond donors (Lipinski definition) is 2. The van der Waals surface area contributed by atoms with E-state index in [-0.39, 0.29) is 11.9 Å². The van der Waals surface area contributed by atoms with Crippen molar-refractivity contribution in [3.63, 3.8) is 0 Å². The fourth-order valence-electron chi connectivity index (χ4n) is 3.46. The summed E-state index contributed by atoms with van der Waals surface area (Å²) in [5.41, 5.74) is 1.86. The summed E-state index contributed by atoms with van der Waals surface area (Å²) >= 11 is 0. The Hall–Kier alpha value is -3.10. The number of ether oxygens (including phenoxy) is 1. The Balaban J connectivity index is 1.41. The van der Waals surface area contributed by atoms with E-state index in [9.17, 15) is 9.18 Å². The summed E-state index contributed by atoms with van der Waals surface area (Å²) in [5, 5.41) is 6.29. The van der Waals surface area contributed by atoms with E-state index in [1.807, 2.05) is 24.3 Å². The minimum Gasteiger partial charge on any atom is -0.453 e. The topological polar surface area (TPSA) is 82.6 Å². The number of anilines is 4. The molecule has 0 unspecified atom stereocenters. The standard InChI is InChI=1S/C20H25FN6O2/c1-29-20(28)27-10-8-26(9-11-27)16-7-3-6-15(12-16)24-19-22-13-17(21)18(25-19)23-14-4-2-5-14/h3,6-7,12-14H,2,4-5,8-11H2,1H3,(H2,22,23,24,25). The Morgan fingerprint density at radius 3 is 2.72 bits per heavy atom. The largest absolute Gasteiger partial charge is 0.453 e. The van der Waals surface area contributed by atoms with Crippen LogP contribution in [0.5, 0.6) is 0 Å². The number of rotatable bonds is 5. The summed E-state index contributed by atoms with van der Waals surface area (Å²) in [7, 11) is 1.40. The maximum atomic E-state index is 14.0. The zero-order chi connectivity index (χ0) is 20.2. The smallest absolute Gasteiger partial charge is 0.409 e. The van der Waals surface area contributed by atoms with E-state index < -0.39 is 5.82 Å². The normalized spacial score (nSPS) is 16.9. The first-order chi connectivity index (χ1) is 14.1. The fourth-order valence-corrected chi connectivity index (χ4v) is 3.46. The number of methoxy groups -OCH3 is 1. The highest BCUT2D eigenvalue weighted by Crippen LogP contribution is 2.26. The van der Waals surface area contributed by atoms with Crippen LogP contribution in [-0.4, -0.2) is 60.3 Å². The SMILES string of the molecule is COC(=O)N1CCN(c2cccc(Nc3ncc(F)c(NC4CCC4)n3)c2)CC1. The number of carbonyl (C=O) groups is 1. The number of hydrogen-bond acceptors (Lipinski definition) is 7. The van der Waals surface area contributed by atoms with Crippen LogP contribution < -0.4 is 15.5 Å². The van der Waals surface area contributed by atoms with Gasteiger partial charge in [0.15, 0.2) is 11.6 Å². The second kappa shape index (κ2) is 8.50. The van der Waals surface area contributed by atoms with E-state index >= 15 is 0 Å². The van der Waals surface area contributed by atoms with Gasteiger partial charge in [-0.2, -0.15) is 4.98 Å². The summed E-state index contributed by atoms with van der Waals surface area (Å²) in [6.45, 7) is 2.67. The summed E-state index contributed by atoms with van der Waals surface area (Å²) in [5.74, 6) is 0.142. The number of benzene rings is 1. The van der Waals surface area contributed by atoms with E-state index in [1.165, 1.54) is 13.3 Å². The van der Waals surface area contributed by atoms with Gasteiger partial charge in [0.25, 0.3) is 0 Å². The monoisotopic (exact) mass is 400 g/mol. The van der Waals surface area contributed by atoms with Crippen molar-refractivity contribution in [1.29, 1.82) is 0 Å². The molecule has 2 aromatic rings. The van der Waals surface area contributed by atoms with Crippen LogP contribution in [0, 0.1) is 5.82 Å². The average molecular weight is 400 g/mol. The molecule has 0 atom stereocenters. The molecule has 1 saturated carbocycles. The number of nitrogens with zero attached hydrogens (tertiary/aromatic N) is 4. The summed E-state index contributed by atoms with van der Waals surface area (Å²) in [6, 6.07) is 8.17. The number of nitrogens with one attached hydrogen (secondary N) is 2. The van der Waals surface area contributed by atoms with Gasteiger partial charge >= 0.3 is 6.09 Å². The van der Waals surface area contributed by atoms with Crippen LogP contribution in [0.25, 0.3) is 0 Å². The molecule has 2 N–H and O–H groups in total. The van der Waals surface area contributed by atoms with Gasteiger partial charge in [-0.05, 0) is 37.5 Å². The predicted octanol–water partition coefficient (Wildman–Crippen LogP) is 3.21. The van der Waals surface area contributed by atoms with Crippen molar-refractivity contribution in [3.05, 3.63) is 36.3 Å². The highest BCUT2D eigenvalue weighted by Gasteiger charge is 2.22. The van der Waals surface area contributed by atoms with Crippen molar-refractivity contribution < 1.29 is 13.9 Å². The Morgan fingerprint density at radius 2 is 2.03 bits per heavy atom. The van der Waals surface area contributed by atoms with Gasteiger partial charge in [0.2, 0.25) is 5.95 Å². The maximum absolute atomic E-state index is 14.0. The quantitative estimate of drug-likeness (QED) is 0.797. The van der Waals surface area contributed by atoms with Crippen LogP contribution in [0.2, 0.25) is 0 Å². The molecule has 29 heavy (non-hydrogen) atoms. The van der Waals surface area contributed by atoms with E-state index in [4.69, 9.17) is 4.74 Å². The highest BCUT2D eigenvalue weighted by molar-refractivity contribution is 5.68. The van der Waals surface area contributed by atoms with Crippen LogP contribution in [0.4, 0.5) is 32.3 Å². The first-order valence-corrected chi connectivity index (χ1v) is 9.86. The fraction of sp³-hybridized carbons (Fsp3) is 0.450. The van der Waals surface area contributed by atoms with E-state index in [0.29, 0.717) is 25.1 Å². The van der Waals surface area contributed by atoms with Crippen molar-refractivity contribution >= 4 is 29.2 Å². The molecule has 2 heterocycles. The molecule has 1 saturated heterocycles. The molecular weight excluding hydrogens is 375 g/mol. The molecule has 1 aliphatic heterocycles. The minimum absolute atomic E-state index is 0.238. The van der Waals surface area contributed by atoms with Gasteiger partial charge in [-0.15, -0.1) is 0 Å². The van der Waals surface area contributed by atoms with Crippen LogP contribution >= 0.6 is 0 Å². The maximum Gasteiger partial charge on any atom is 0.409 e. The Labute approximate surface area is 169 Å². The summed E-state index contributed by atoms with van der Waals surface area (Å²) in [6.07, 6.45) is 4.14. The van der Waals surface area contributed by atoms with Gasteiger partial charge in [-0.1, -0.05) is 6.07 Å². The van der Waals surface area contributed by atoms with Crippen molar-refractivity contribution in [2.24, 2.45) is 0 Å². The molecule has 154 valence electrons. The highest BCUT2D eigenvalue weighted by atomic mass is 19.1. The Kier molecular flexibility index (Phi) is 5.64. The molecular formula is C20H25FN6O2. The third kappa shape index (κ3) is 4.49. The molecule has 0 spiro atoms. The van der Waals surface area contributed by atoms with Gasteiger partial charge < -0.3 is 25.2 Å². The number of halogens is 1. The van der Waals surface area contributed by atoms with Crippen molar-refractivity contribution in [1.82, 2.24) is 14.9 Å². The minimum atomic E-state index is -0.445. The molecule has 2 fully saturated rings. The molecule has 0 radical (unpaired) electrons. The zero-order valence-corrected chi connectivity index (χ0v) is 16.4. The number of piperazine rings is 1. The molecule has 0 bridgehead atoms. The van der Waals surface area contributed by atoms with Gasteiger partial charge in [0, 0.05) is 43.6 Å². The van der Waals surface area contributed by atoms with Crippen LogP contribution in [0.15, 0.2) is 30.5 Å². The molecule has 1 aromatic heterocycles. The predicted molar refractivity (Wildman–Crippen MR) is 109 cm³/mol. The summed E-state index contributed by atoms with van der Waals surface area (Å²) in [4.78, 5) is 23.9. The van der Waals surface area contributed by atoms with Crippen molar-refractivity contribution in [2.45, 2.75) is 25.3 Å². The zero-order valence-electron chi connectivity index (χ0n) is 16.4. The molecule has 4 rings (SSSR count). The first kappa shape index (κ1) is 19.2. The third-order valence-corrected chi connectivity index (χ3v) is 5.37. The molecule has 1 aliphatic carbocycles. The van der Waals surface area contributed by atoms with Gasteiger partial charge in [-0.3, -0.25) is 0 Å². The second-order valence-electron chi connectivity index (χ2n) is 7.28. The van der Waals surface area contributed by atoms with Gasteiger partial charge in [-0.25, -0.2) is 14.2 Å². The van der Waals surface area contributed by atoms with E-state index in [2.05, 4.69) is 25.5 Å². The Bertz CT molecular complexity index is 868. The molecule has 1 aromatic carbocycles. The second-order valence-corrected chi connectivity index (χ2v) is 7.28. The molecule has 2 aliphatic rings. The van der Waals surface area contributed by atoms with Crippen molar-refractivity contribution in [3.8, 4) is 0 Å². The molecule has 8 nitrogen and oxygen atoms in total. The lowest BCUT2D eigenvalue weighted by molar-refractivity contribution is 0.121. The van der Waals surface area contributed by atoms with Gasteiger partial charge in [0.1, 0.15) is 0 Å². The third-order valence-electron chi connectivity index (χ3n) is 5.37. The average Bonchev–Trinajstić information content (AvgIpc) is 2.72. The molecule has 9 heteroatoms. The van der Waals surface area contributed by atoms with Gasteiger partial charge in [0.05, 0.1) is 13.3 Å². The van der Waals surface area contributed by atoms with Crippen LogP contribution in [0.1, 0.15) is 19.3 Å². The van der Waals surface area contributed by atoms with Crippen LogP contribution in [-0.2, 0) is 4.74 Å². The lowest BCUT2D eigenvalue weighted by Gasteiger charge is -2.35. The van der Waals surface area contributed by atoms with Crippen LogP contribution in [0.3, 0.4) is 0 Å². The van der Waals surface area contributed by atoms with E-state index in [1.54, 1.807) is 4.90 Å². The number of carbonyl (C=O) groups excluding carboxylic acids is 1. The van der Waals surface area contributed by atoms with Crippen molar-refractivity contribution in [2.75, 3.05) is 48.8 Å². The first-order valence-electron chi connectivity index (χ1n) is 9.86. The van der Waals surface area contributed by atoms with E-state index in [0.717, 1.165) is 43.7 Å². The lowest BCUT2D eigenvalue weighted by Crippen LogP contribution is -2.48. The Morgan fingerprint density at radius 1 is 1.24 bits per heavy atom. The lowest BCUT2D eigenvalue weighted by atomic mass is 9.93.